The minimum atomic E-state index is -0.436. The van der Waals surface area contributed by atoms with Gasteiger partial charge >= 0.3 is 0 Å². The van der Waals surface area contributed by atoms with Crippen molar-refractivity contribution in [3.05, 3.63) is 58.9 Å². The fourth-order valence-corrected chi connectivity index (χ4v) is 5.34. The Balaban J connectivity index is 1.72. The molecule has 5 heteroatoms. The van der Waals surface area contributed by atoms with E-state index in [1.54, 1.807) is 0 Å². The molecule has 134 valence electrons. The number of carbonyl (C=O) groups is 1. The number of allylic oxidation sites excluding steroid dienone is 2. The van der Waals surface area contributed by atoms with Crippen molar-refractivity contribution < 1.29 is 9.53 Å². The van der Waals surface area contributed by atoms with Gasteiger partial charge in [0.15, 0.2) is 11.9 Å². The number of Topliss-reactive ketones (excluding diaryl/α,β-unsaturated/α-hetero) is 1. The predicted octanol–water partition coefficient (Wildman–Crippen LogP) is 3.64. The van der Waals surface area contributed by atoms with Crippen molar-refractivity contribution in [3.8, 4) is 0 Å². The number of hydrogen-bond donors (Lipinski definition) is 1. The summed E-state index contributed by atoms with van der Waals surface area (Å²) in [5, 5.41) is 12.1. The summed E-state index contributed by atoms with van der Waals surface area (Å²) in [6.07, 6.45) is 4.90. The number of carbonyl (C=O) groups excluding carboxylic acids is 1. The number of nitrogens with one attached hydrogen (secondary N) is 1. The Morgan fingerprint density at radius 1 is 1.27 bits per heavy atom. The van der Waals surface area contributed by atoms with E-state index in [4.69, 9.17) is 4.74 Å². The lowest BCUT2D eigenvalue weighted by Crippen LogP contribution is -2.52. The zero-order valence-electron chi connectivity index (χ0n) is 15.0. The van der Waals surface area contributed by atoms with Crippen LogP contribution in [0.25, 0.3) is 0 Å². The third-order valence-electron chi connectivity index (χ3n) is 6.55. The van der Waals surface area contributed by atoms with E-state index in [9.17, 15) is 4.79 Å². The van der Waals surface area contributed by atoms with Crippen molar-refractivity contribution in [2.75, 3.05) is 13.2 Å². The Labute approximate surface area is 153 Å². The molecule has 0 aromatic heterocycles. The summed E-state index contributed by atoms with van der Waals surface area (Å²) in [7, 11) is 0. The van der Waals surface area contributed by atoms with Crippen LogP contribution in [0, 0.1) is 5.41 Å². The molecule has 3 aliphatic heterocycles. The molecule has 3 atom stereocenters. The molecule has 1 unspecified atom stereocenters. The summed E-state index contributed by atoms with van der Waals surface area (Å²) in [5.41, 5.74) is 3.76. The topological polar surface area (TPSA) is 63.0 Å². The number of azo groups is 1. The normalized spacial score (nSPS) is 35.3. The van der Waals surface area contributed by atoms with Crippen molar-refractivity contribution in [1.82, 2.24) is 5.32 Å². The first-order chi connectivity index (χ1) is 12.7. The molecule has 0 bridgehead atoms. The summed E-state index contributed by atoms with van der Waals surface area (Å²) in [6, 6.07) is 10.4. The van der Waals surface area contributed by atoms with E-state index in [2.05, 4.69) is 34.6 Å². The molecule has 1 spiro atoms. The van der Waals surface area contributed by atoms with Gasteiger partial charge in [-0.2, -0.15) is 10.2 Å². The lowest BCUT2D eigenvalue weighted by atomic mass is 9.58. The molecule has 1 N–H and O–H groups in total. The quantitative estimate of drug-likeness (QED) is 0.887. The van der Waals surface area contributed by atoms with Gasteiger partial charge in [-0.25, -0.2) is 0 Å². The van der Waals surface area contributed by atoms with E-state index >= 15 is 0 Å². The lowest BCUT2D eigenvalue weighted by Gasteiger charge is -2.48. The molecule has 5 nitrogen and oxygen atoms in total. The van der Waals surface area contributed by atoms with Crippen LogP contribution in [0.1, 0.15) is 38.2 Å². The third-order valence-corrected chi connectivity index (χ3v) is 6.55. The van der Waals surface area contributed by atoms with Crippen molar-refractivity contribution in [2.24, 2.45) is 15.6 Å². The van der Waals surface area contributed by atoms with E-state index in [0.717, 1.165) is 48.3 Å². The van der Waals surface area contributed by atoms with Crippen molar-refractivity contribution >= 4 is 5.78 Å². The van der Waals surface area contributed by atoms with Crippen molar-refractivity contribution in [1.29, 1.82) is 0 Å². The summed E-state index contributed by atoms with van der Waals surface area (Å²) >= 11 is 0. The van der Waals surface area contributed by atoms with Crippen LogP contribution in [0.4, 0.5) is 0 Å². The minimum absolute atomic E-state index is 0.0456. The highest BCUT2D eigenvalue weighted by Crippen LogP contribution is 2.55. The van der Waals surface area contributed by atoms with Gasteiger partial charge in [0, 0.05) is 35.3 Å². The number of hydrogen-bond acceptors (Lipinski definition) is 5. The Bertz CT molecular complexity index is 849. The maximum Gasteiger partial charge on any atom is 0.164 e. The molecule has 0 amide bonds. The van der Waals surface area contributed by atoms with Gasteiger partial charge in [0.1, 0.15) is 0 Å². The zero-order valence-corrected chi connectivity index (χ0v) is 15.0. The van der Waals surface area contributed by atoms with Crippen LogP contribution in [0.15, 0.2) is 63.6 Å². The van der Waals surface area contributed by atoms with Gasteiger partial charge in [0.25, 0.3) is 0 Å². The predicted molar refractivity (Wildman–Crippen MR) is 97.4 cm³/mol. The van der Waals surface area contributed by atoms with Crippen molar-refractivity contribution in [2.45, 2.75) is 44.2 Å². The first kappa shape index (κ1) is 15.9. The minimum Gasteiger partial charge on any atom is -0.381 e. The Morgan fingerprint density at radius 2 is 2.12 bits per heavy atom. The fraction of sp³-hybridized carbons (Fsp3) is 0.476. The maximum absolute atomic E-state index is 13.5. The second kappa shape index (κ2) is 5.61. The van der Waals surface area contributed by atoms with Gasteiger partial charge in [-0.05, 0) is 24.8 Å². The van der Waals surface area contributed by atoms with E-state index in [1.807, 2.05) is 24.4 Å². The van der Waals surface area contributed by atoms with Gasteiger partial charge < -0.3 is 10.1 Å². The van der Waals surface area contributed by atoms with Crippen LogP contribution < -0.4 is 5.32 Å². The van der Waals surface area contributed by atoms with Gasteiger partial charge in [0.2, 0.25) is 0 Å². The van der Waals surface area contributed by atoms with Crippen LogP contribution in [-0.4, -0.2) is 25.2 Å². The van der Waals surface area contributed by atoms with Gasteiger partial charge in [-0.3, -0.25) is 4.79 Å². The average molecular weight is 349 g/mol. The molecule has 1 aromatic carbocycles. The summed E-state index contributed by atoms with van der Waals surface area (Å²) in [6.45, 7) is 3.59. The summed E-state index contributed by atoms with van der Waals surface area (Å²) < 4.78 is 5.66. The molecule has 4 aliphatic rings. The van der Waals surface area contributed by atoms with Gasteiger partial charge in [-0.15, -0.1) is 0 Å². The summed E-state index contributed by atoms with van der Waals surface area (Å²) in [4.78, 5) is 13.5. The number of fused-ring (bicyclic) bond motifs is 1. The van der Waals surface area contributed by atoms with Gasteiger partial charge in [-0.1, -0.05) is 37.3 Å². The molecule has 5 rings (SSSR count). The molecule has 1 aliphatic carbocycles. The molecule has 0 radical (unpaired) electrons. The first-order valence-corrected chi connectivity index (χ1v) is 9.46. The van der Waals surface area contributed by atoms with E-state index in [-0.39, 0.29) is 17.4 Å². The highest BCUT2D eigenvalue weighted by molar-refractivity contribution is 6.01. The highest BCUT2D eigenvalue weighted by atomic mass is 16.5. The molecule has 1 aromatic rings. The highest BCUT2D eigenvalue weighted by Gasteiger charge is 2.54. The maximum atomic E-state index is 13.5. The molecule has 26 heavy (non-hydrogen) atoms. The van der Waals surface area contributed by atoms with E-state index < -0.39 is 5.41 Å². The second-order valence-corrected chi connectivity index (χ2v) is 7.92. The summed E-state index contributed by atoms with van der Waals surface area (Å²) in [5.74, 6) is 0.251. The number of rotatable bonds is 2. The second-order valence-electron chi connectivity index (χ2n) is 7.92. The fourth-order valence-electron chi connectivity index (χ4n) is 5.34. The smallest absolute Gasteiger partial charge is 0.164 e. The number of ketones is 1. The average Bonchev–Trinajstić information content (AvgIpc) is 3.30. The SMILES string of the molecule is CC[C@@]1(c2ccccc2)C2=CN=NC2NC2=C1C(=O)C[C@]1(CCOC1)C2. The Kier molecular flexibility index (Phi) is 3.44. The van der Waals surface area contributed by atoms with E-state index in [0.29, 0.717) is 13.0 Å². The molecule has 3 heterocycles. The van der Waals surface area contributed by atoms with Crippen LogP contribution in [0.2, 0.25) is 0 Å². The molecular weight excluding hydrogens is 326 g/mol. The van der Waals surface area contributed by atoms with Crippen LogP contribution in [-0.2, 0) is 14.9 Å². The zero-order chi connectivity index (χ0) is 17.8. The molecule has 1 saturated heterocycles. The van der Waals surface area contributed by atoms with Crippen LogP contribution >= 0.6 is 0 Å². The Morgan fingerprint density at radius 3 is 2.85 bits per heavy atom. The first-order valence-electron chi connectivity index (χ1n) is 9.46. The van der Waals surface area contributed by atoms with E-state index in [1.165, 1.54) is 0 Å². The molecule has 1 fully saturated rings. The Hall–Kier alpha value is -2.27. The monoisotopic (exact) mass is 349 g/mol. The molecule has 0 saturated carbocycles. The van der Waals surface area contributed by atoms with Crippen LogP contribution in [0.3, 0.4) is 0 Å². The third kappa shape index (κ3) is 2.04. The van der Waals surface area contributed by atoms with Crippen molar-refractivity contribution in [3.63, 3.8) is 0 Å². The number of benzene rings is 1. The van der Waals surface area contributed by atoms with Crippen LogP contribution in [0.5, 0.6) is 0 Å². The molecular formula is C21H23N3O2. The number of ether oxygens (including phenoxy) is 1. The standard InChI is InChI=1S/C21H23N3O2/c1-2-21(14-6-4-3-5-7-14)15-12-22-24-19(15)23-16-10-20(8-9-26-13-20)11-17(25)18(16)21/h3-7,12,19,23H,2,8-11,13H2,1H3/t19?,20-,21+/m0/s1. The number of nitrogens with zero attached hydrogens (tertiary/aromatic N) is 2. The largest absolute Gasteiger partial charge is 0.381 e. The van der Waals surface area contributed by atoms with Gasteiger partial charge in [0.05, 0.1) is 18.2 Å². The lowest BCUT2D eigenvalue weighted by molar-refractivity contribution is -0.119.